The van der Waals surface area contributed by atoms with Crippen LogP contribution in [-0.2, 0) is 4.74 Å². The van der Waals surface area contributed by atoms with Crippen LogP contribution in [0.4, 0.5) is 0 Å². The number of aromatic nitrogens is 1. The zero-order valence-corrected chi connectivity index (χ0v) is 10.9. The fourth-order valence-corrected chi connectivity index (χ4v) is 2.54. The van der Waals surface area contributed by atoms with Crippen LogP contribution in [0, 0.1) is 5.92 Å². The maximum absolute atomic E-state index is 11.4. The van der Waals surface area contributed by atoms with E-state index in [2.05, 4.69) is 24.1 Å². The standard InChI is InChI=1S/C11H18N2O2S/c1-5-15-11(14)8-6-16-10(13-8)9(12-4)7(2)3/h6-7,9,12H,5H2,1-4H3. The van der Waals surface area contributed by atoms with Crippen molar-refractivity contribution in [3.8, 4) is 0 Å². The highest BCUT2D eigenvalue weighted by Gasteiger charge is 2.19. The number of rotatable bonds is 5. The molecule has 0 fully saturated rings. The van der Waals surface area contributed by atoms with Crippen LogP contribution in [0.15, 0.2) is 5.38 Å². The number of carbonyl (C=O) groups excluding carboxylic acids is 1. The molecule has 1 heterocycles. The number of hydrogen-bond donors (Lipinski definition) is 1. The molecule has 16 heavy (non-hydrogen) atoms. The third-order valence-corrected chi connectivity index (χ3v) is 3.18. The van der Waals surface area contributed by atoms with Gasteiger partial charge in [-0.25, -0.2) is 9.78 Å². The Hall–Kier alpha value is -0.940. The predicted molar refractivity (Wildman–Crippen MR) is 64.7 cm³/mol. The van der Waals surface area contributed by atoms with E-state index >= 15 is 0 Å². The molecule has 1 aromatic heterocycles. The van der Waals surface area contributed by atoms with Gasteiger partial charge in [0.25, 0.3) is 0 Å². The van der Waals surface area contributed by atoms with E-state index in [0.29, 0.717) is 18.2 Å². The third kappa shape index (κ3) is 3.02. The quantitative estimate of drug-likeness (QED) is 0.804. The molecule has 0 aliphatic carbocycles. The molecule has 0 aromatic carbocycles. The van der Waals surface area contributed by atoms with Crippen molar-refractivity contribution in [3.63, 3.8) is 0 Å². The topological polar surface area (TPSA) is 51.2 Å². The molecule has 0 radical (unpaired) electrons. The Morgan fingerprint density at radius 3 is 2.81 bits per heavy atom. The number of thiazole rings is 1. The number of hydrogen-bond acceptors (Lipinski definition) is 5. The Labute approximate surface area is 100 Å². The summed E-state index contributed by atoms with van der Waals surface area (Å²) in [6.07, 6.45) is 0. The summed E-state index contributed by atoms with van der Waals surface area (Å²) in [5.41, 5.74) is 0.405. The Kier molecular flexibility index (Phi) is 4.89. The first-order valence-electron chi connectivity index (χ1n) is 5.40. The van der Waals surface area contributed by atoms with Crippen LogP contribution in [-0.4, -0.2) is 24.6 Å². The normalized spacial score (nSPS) is 12.8. The van der Waals surface area contributed by atoms with Crippen LogP contribution in [0.3, 0.4) is 0 Å². The largest absolute Gasteiger partial charge is 0.461 e. The van der Waals surface area contributed by atoms with Crippen LogP contribution in [0.1, 0.15) is 42.3 Å². The smallest absolute Gasteiger partial charge is 0.357 e. The minimum Gasteiger partial charge on any atom is -0.461 e. The van der Waals surface area contributed by atoms with Gasteiger partial charge in [-0.2, -0.15) is 0 Å². The van der Waals surface area contributed by atoms with E-state index in [-0.39, 0.29) is 12.0 Å². The van der Waals surface area contributed by atoms with Crippen molar-refractivity contribution >= 4 is 17.3 Å². The lowest BCUT2D eigenvalue weighted by Gasteiger charge is -2.16. The van der Waals surface area contributed by atoms with E-state index in [0.717, 1.165) is 5.01 Å². The van der Waals surface area contributed by atoms with Gasteiger partial charge in [-0.05, 0) is 19.9 Å². The molecule has 0 aliphatic rings. The van der Waals surface area contributed by atoms with Crippen molar-refractivity contribution in [1.82, 2.24) is 10.3 Å². The lowest BCUT2D eigenvalue weighted by Crippen LogP contribution is -2.21. The van der Waals surface area contributed by atoms with Gasteiger partial charge in [0.1, 0.15) is 5.01 Å². The summed E-state index contributed by atoms with van der Waals surface area (Å²) in [5, 5.41) is 5.88. The molecular weight excluding hydrogens is 224 g/mol. The highest BCUT2D eigenvalue weighted by atomic mass is 32.1. The molecule has 0 spiro atoms. The van der Waals surface area contributed by atoms with Crippen LogP contribution in [0.2, 0.25) is 0 Å². The summed E-state index contributed by atoms with van der Waals surface area (Å²) in [4.78, 5) is 15.7. The van der Waals surface area contributed by atoms with E-state index in [4.69, 9.17) is 4.74 Å². The molecule has 0 aliphatic heterocycles. The van der Waals surface area contributed by atoms with Crippen LogP contribution in [0.5, 0.6) is 0 Å². The number of ether oxygens (including phenoxy) is 1. The summed E-state index contributed by atoms with van der Waals surface area (Å²) in [7, 11) is 1.90. The van der Waals surface area contributed by atoms with E-state index in [1.165, 1.54) is 11.3 Å². The molecule has 0 bridgehead atoms. The van der Waals surface area contributed by atoms with E-state index in [9.17, 15) is 4.79 Å². The monoisotopic (exact) mass is 242 g/mol. The van der Waals surface area contributed by atoms with E-state index in [1.54, 1.807) is 12.3 Å². The zero-order chi connectivity index (χ0) is 12.1. The third-order valence-electron chi connectivity index (χ3n) is 2.25. The van der Waals surface area contributed by atoms with Gasteiger partial charge in [0.05, 0.1) is 12.6 Å². The molecule has 1 unspecified atom stereocenters. The zero-order valence-electron chi connectivity index (χ0n) is 10.1. The second kappa shape index (κ2) is 5.96. The lowest BCUT2D eigenvalue weighted by atomic mass is 10.1. The van der Waals surface area contributed by atoms with Gasteiger partial charge >= 0.3 is 5.97 Å². The fraction of sp³-hybridized carbons (Fsp3) is 0.636. The van der Waals surface area contributed by atoms with Crippen molar-refractivity contribution in [2.45, 2.75) is 26.8 Å². The SMILES string of the molecule is CCOC(=O)c1csc(C(NC)C(C)C)n1. The van der Waals surface area contributed by atoms with E-state index in [1.807, 2.05) is 7.05 Å². The highest BCUT2D eigenvalue weighted by Crippen LogP contribution is 2.24. The minimum absolute atomic E-state index is 0.188. The van der Waals surface area contributed by atoms with Crippen LogP contribution >= 0.6 is 11.3 Å². The second-order valence-corrected chi connectivity index (χ2v) is 4.69. The lowest BCUT2D eigenvalue weighted by molar-refractivity contribution is 0.0520. The molecule has 90 valence electrons. The number of nitrogens with one attached hydrogen (secondary N) is 1. The molecule has 1 aromatic rings. The fourth-order valence-electron chi connectivity index (χ4n) is 1.47. The molecule has 0 saturated heterocycles. The maximum atomic E-state index is 11.4. The minimum atomic E-state index is -0.344. The Morgan fingerprint density at radius 1 is 1.62 bits per heavy atom. The average molecular weight is 242 g/mol. The Balaban J connectivity index is 2.81. The molecule has 1 atom stereocenters. The number of esters is 1. The first-order valence-corrected chi connectivity index (χ1v) is 6.27. The van der Waals surface area contributed by atoms with Crippen molar-refractivity contribution in [2.24, 2.45) is 5.92 Å². The van der Waals surface area contributed by atoms with Gasteiger partial charge in [0.2, 0.25) is 0 Å². The Bertz CT molecular complexity index is 350. The van der Waals surface area contributed by atoms with E-state index < -0.39 is 0 Å². The summed E-state index contributed by atoms with van der Waals surface area (Å²) in [5.74, 6) is 0.0924. The van der Waals surface area contributed by atoms with Gasteiger partial charge in [-0.3, -0.25) is 0 Å². The van der Waals surface area contributed by atoms with Gasteiger partial charge < -0.3 is 10.1 Å². The number of nitrogens with zero attached hydrogens (tertiary/aromatic N) is 1. The first-order chi connectivity index (χ1) is 7.60. The maximum Gasteiger partial charge on any atom is 0.357 e. The van der Waals surface area contributed by atoms with Gasteiger partial charge in [-0.1, -0.05) is 13.8 Å². The Morgan fingerprint density at radius 2 is 2.31 bits per heavy atom. The summed E-state index contributed by atoms with van der Waals surface area (Å²) in [6.45, 7) is 6.40. The van der Waals surface area contributed by atoms with Gasteiger partial charge in [-0.15, -0.1) is 11.3 Å². The van der Waals surface area contributed by atoms with Gasteiger partial charge in [0, 0.05) is 5.38 Å². The van der Waals surface area contributed by atoms with Crippen molar-refractivity contribution in [2.75, 3.05) is 13.7 Å². The highest BCUT2D eigenvalue weighted by molar-refractivity contribution is 7.09. The van der Waals surface area contributed by atoms with Crippen molar-refractivity contribution in [1.29, 1.82) is 0 Å². The van der Waals surface area contributed by atoms with Crippen molar-refractivity contribution in [3.05, 3.63) is 16.1 Å². The second-order valence-electron chi connectivity index (χ2n) is 3.80. The average Bonchev–Trinajstić information content (AvgIpc) is 2.68. The number of carbonyl (C=O) groups is 1. The van der Waals surface area contributed by atoms with Crippen molar-refractivity contribution < 1.29 is 9.53 Å². The molecule has 0 amide bonds. The molecule has 0 saturated carbocycles. The molecular formula is C11H18N2O2S. The summed E-state index contributed by atoms with van der Waals surface area (Å²) in [6, 6.07) is 0.188. The van der Waals surface area contributed by atoms with Gasteiger partial charge in [0.15, 0.2) is 5.69 Å². The summed E-state index contributed by atoms with van der Waals surface area (Å²) >= 11 is 1.49. The summed E-state index contributed by atoms with van der Waals surface area (Å²) < 4.78 is 4.90. The molecule has 5 heteroatoms. The van der Waals surface area contributed by atoms with Crippen LogP contribution in [0.25, 0.3) is 0 Å². The molecule has 1 N–H and O–H groups in total. The predicted octanol–water partition coefficient (Wildman–Crippen LogP) is 2.24. The first kappa shape index (κ1) is 13.1. The molecule has 4 nitrogen and oxygen atoms in total. The van der Waals surface area contributed by atoms with Crippen LogP contribution < -0.4 is 5.32 Å². The molecule has 1 rings (SSSR count).